The molecule has 0 aliphatic carbocycles. The predicted octanol–water partition coefficient (Wildman–Crippen LogP) is 2.60. The van der Waals surface area contributed by atoms with Crippen molar-refractivity contribution in [3.63, 3.8) is 0 Å². The van der Waals surface area contributed by atoms with E-state index in [0.717, 1.165) is 46.9 Å². The molecule has 0 aromatic carbocycles. The number of nitrogens with one attached hydrogen (secondary N) is 1. The van der Waals surface area contributed by atoms with E-state index < -0.39 is 0 Å². The molecule has 1 aliphatic rings. The molecule has 154 valence electrons. The third-order valence-electron chi connectivity index (χ3n) is 5.26. The Bertz CT molecular complexity index is 1070. The Kier molecular flexibility index (Phi) is 4.97. The van der Waals surface area contributed by atoms with Crippen molar-refractivity contribution < 1.29 is 9.53 Å². The van der Waals surface area contributed by atoms with Crippen molar-refractivity contribution in [3.8, 4) is 0 Å². The van der Waals surface area contributed by atoms with Gasteiger partial charge in [-0.3, -0.25) is 4.68 Å². The summed E-state index contributed by atoms with van der Waals surface area (Å²) in [6.45, 7) is 8.93. The summed E-state index contributed by atoms with van der Waals surface area (Å²) in [5.41, 5.74) is 2.72. The van der Waals surface area contributed by atoms with Crippen LogP contribution in [0.5, 0.6) is 0 Å². The lowest BCUT2D eigenvalue weighted by atomic mass is 10.0. The Morgan fingerprint density at radius 1 is 1.38 bits per heavy atom. The van der Waals surface area contributed by atoms with Crippen LogP contribution in [0.3, 0.4) is 0 Å². The molecular formula is C20H27N7O2. The molecule has 3 aromatic rings. The highest BCUT2D eigenvalue weighted by atomic mass is 16.5. The van der Waals surface area contributed by atoms with Crippen molar-refractivity contribution >= 4 is 22.7 Å². The highest BCUT2D eigenvalue weighted by Gasteiger charge is 2.26. The fourth-order valence-electron chi connectivity index (χ4n) is 3.82. The van der Waals surface area contributed by atoms with E-state index >= 15 is 0 Å². The average Bonchev–Trinajstić information content (AvgIpc) is 3.23. The van der Waals surface area contributed by atoms with Crippen LogP contribution in [0, 0.1) is 6.92 Å². The molecule has 1 aliphatic heterocycles. The maximum atomic E-state index is 12.6. The van der Waals surface area contributed by atoms with Gasteiger partial charge in [-0.2, -0.15) is 10.2 Å². The maximum Gasteiger partial charge on any atom is 0.341 e. The number of esters is 1. The molecule has 0 spiro atoms. The predicted molar refractivity (Wildman–Crippen MR) is 109 cm³/mol. The lowest BCUT2D eigenvalue weighted by molar-refractivity contribution is 0.0527. The number of nitrogens with zero attached hydrogens (tertiary/aromatic N) is 6. The first-order valence-electron chi connectivity index (χ1n) is 10.1. The van der Waals surface area contributed by atoms with Crippen LogP contribution in [0.2, 0.25) is 0 Å². The van der Waals surface area contributed by atoms with Crippen LogP contribution in [0.4, 0.5) is 5.69 Å². The van der Waals surface area contributed by atoms with Gasteiger partial charge in [0.05, 0.1) is 29.9 Å². The van der Waals surface area contributed by atoms with E-state index in [2.05, 4.69) is 39.3 Å². The SMILES string of the molecule is CCOC(=O)c1cnc2c(c(C)nn2C)c1NC1CCc2nc(C(C)C)nn2C1. The molecule has 0 radical (unpaired) electrons. The largest absolute Gasteiger partial charge is 0.462 e. The van der Waals surface area contributed by atoms with Crippen LogP contribution in [-0.2, 0) is 24.8 Å². The van der Waals surface area contributed by atoms with E-state index in [1.807, 2.05) is 18.7 Å². The molecule has 0 amide bonds. The van der Waals surface area contributed by atoms with E-state index in [-0.39, 0.29) is 12.0 Å². The summed E-state index contributed by atoms with van der Waals surface area (Å²) in [5.74, 6) is 1.82. The standard InChI is InChI=1S/C20H27N7O2/c1-6-29-20(28)14-9-21-19-16(12(4)24-26(19)5)17(14)22-13-7-8-15-23-18(11(2)3)25-27(15)10-13/h9,11,13H,6-8,10H2,1-5H3,(H,21,22). The molecule has 0 saturated heterocycles. The van der Waals surface area contributed by atoms with Crippen molar-refractivity contribution in [3.05, 3.63) is 29.1 Å². The van der Waals surface area contributed by atoms with E-state index in [0.29, 0.717) is 24.6 Å². The van der Waals surface area contributed by atoms with Gasteiger partial charge < -0.3 is 10.1 Å². The summed E-state index contributed by atoms with van der Waals surface area (Å²) < 4.78 is 8.98. The van der Waals surface area contributed by atoms with Crippen molar-refractivity contribution in [1.82, 2.24) is 29.5 Å². The molecule has 0 saturated carbocycles. The summed E-state index contributed by atoms with van der Waals surface area (Å²) in [6.07, 6.45) is 3.32. The van der Waals surface area contributed by atoms with Gasteiger partial charge in [-0.25, -0.2) is 19.4 Å². The maximum absolute atomic E-state index is 12.6. The topological polar surface area (TPSA) is 99.8 Å². The van der Waals surface area contributed by atoms with E-state index in [1.165, 1.54) is 0 Å². The molecule has 0 bridgehead atoms. The highest BCUT2D eigenvalue weighted by molar-refractivity contribution is 6.05. The number of fused-ring (bicyclic) bond motifs is 2. The highest BCUT2D eigenvalue weighted by Crippen LogP contribution is 2.31. The van der Waals surface area contributed by atoms with Gasteiger partial charge in [0.2, 0.25) is 0 Å². The van der Waals surface area contributed by atoms with Crippen molar-refractivity contribution in [2.24, 2.45) is 7.05 Å². The van der Waals surface area contributed by atoms with Crippen LogP contribution in [-0.4, -0.2) is 48.1 Å². The Morgan fingerprint density at radius 2 is 2.17 bits per heavy atom. The molecule has 29 heavy (non-hydrogen) atoms. The lowest BCUT2D eigenvalue weighted by Crippen LogP contribution is -2.32. The number of carbonyl (C=O) groups excluding carboxylic acids is 1. The zero-order valence-corrected chi connectivity index (χ0v) is 17.6. The van der Waals surface area contributed by atoms with Gasteiger partial charge in [-0.15, -0.1) is 0 Å². The Balaban J connectivity index is 1.71. The Morgan fingerprint density at radius 3 is 2.90 bits per heavy atom. The molecule has 4 rings (SSSR count). The molecular weight excluding hydrogens is 370 g/mol. The Labute approximate surface area is 169 Å². The quantitative estimate of drug-likeness (QED) is 0.661. The van der Waals surface area contributed by atoms with Crippen molar-refractivity contribution in [1.29, 1.82) is 0 Å². The van der Waals surface area contributed by atoms with Crippen molar-refractivity contribution in [2.45, 2.75) is 59.0 Å². The van der Waals surface area contributed by atoms with Gasteiger partial charge in [0.1, 0.15) is 11.4 Å². The number of aromatic nitrogens is 6. The molecule has 3 aromatic heterocycles. The molecule has 1 N–H and O–H groups in total. The average molecular weight is 397 g/mol. The van der Waals surface area contributed by atoms with Crippen LogP contribution in [0.15, 0.2) is 6.20 Å². The summed E-state index contributed by atoms with van der Waals surface area (Å²) in [7, 11) is 1.85. The van der Waals surface area contributed by atoms with Gasteiger partial charge in [-0.1, -0.05) is 13.8 Å². The number of pyridine rings is 1. The number of rotatable bonds is 5. The number of ether oxygens (including phenoxy) is 1. The number of anilines is 1. The van der Waals surface area contributed by atoms with Gasteiger partial charge in [0.15, 0.2) is 11.5 Å². The number of hydrogen-bond donors (Lipinski definition) is 1. The second-order valence-electron chi connectivity index (χ2n) is 7.78. The van der Waals surface area contributed by atoms with Crippen LogP contribution >= 0.6 is 0 Å². The van der Waals surface area contributed by atoms with Crippen LogP contribution < -0.4 is 5.32 Å². The first kappa shape index (κ1) is 19.4. The summed E-state index contributed by atoms with van der Waals surface area (Å²) in [4.78, 5) is 21.7. The summed E-state index contributed by atoms with van der Waals surface area (Å²) in [6, 6.07) is 0.114. The van der Waals surface area contributed by atoms with E-state index in [4.69, 9.17) is 4.74 Å². The van der Waals surface area contributed by atoms with Gasteiger partial charge in [-0.05, 0) is 20.3 Å². The zero-order valence-electron chi connectivity index (χ0n) is 17.6. The molecule has 4 heterocycles. The van der Waals surface area contributed by atoms with Gasteiger partial charge >= 0.3 is 5.97 Å². The minimum atomic E-state index is -0.382. The molecule has 1 unspecified atom stereocenters. The third-order valence-corrected chi connectivity index (χ3v) is 5.26. The van der Waals surface area contributed by atoms with E-state index in [9.17, 15) is 4.79 Å². The number of carbonyl (C=O) groups is 1. The zero-order chi connectivity index (χ0) is 20.7. The summed E-state index contributed by atoms with van der Waals surface area (Å²) >= 11 is 0. The van der Waals surface area contributed by atoms with Gasteiger partial charge in [0.25, 0.3) is 0 Å². The first-order chi connectivity index (χ1) is 13.9. The molecule has 9 nitrogen and oxygen atoms in total. The summed E-state index contributed by atoms with van der Waals surface area (Å²) in [5, 5.41) is 13.6. The normalized spacial score (nSPS) is 16.3. The molecule has 1 atom stereocenters. The van der Waals surface area contributed by atoms with Crippen molar-refractivity contribution in [2.75, 3.05) is 11.9 Å². The van der Waals surface area contributed by atoms with Crippen LogP contribution in [0.1, 0.15) is 60.8 Å². The van der Waals surface area contributed by atoms with Crippen LogP contribution in [0.25, 0.3) is 11.0 Å². The molecule has 9 heteroatoms. The second kappa shape index (κ2) is 7.46. The number of hydrogen-bond acceptors (Lipinski definition) is 7. The fourth-order valence-corrected chi connectivity index (χ4v) is 3.82. The van der Waals surface area contributed by atoms with Gasteiger partial charge in [0, 0.05) is 31.6 Å². The minimum Gasteiger partial charge on any atom is -0.462 e. The first-order valence-corrected chi connectivity index (χ1v) is 10.1. The monoisotopic (exact) mass is 397 g/mol. The Hall–Kier alpha value is -2.97. The fraction of sp³-hybridized carbons (Fsp3) is 0.550. The number of aryl methyl sites for hydroxylation is 3. The second-order valence-corrected chi connectivity index (χ2v) is 7.78. The smallest absolute Gasteiger partial charge is 0.341 e. The van der Waals surface area contributed by atoms with E-state index in [1.54, 1.807) is 17.8 Å². The minimum absolute atomic E-state index is 0.114. The molecule has 0 fully saturated rings. The third kappa shape index (κ3) is 3.45. The lowest BCUT2D eigenvalue weighted by Gasteiger charge is -2.25.